The van der Waals surface area contributed by atoms with Crippen LogP contribution in [0.1, 0.15) is 16.7 Å². The summed E-state index contributed by atoms with van der Waals surface area (Å²) in [7, 11) is -0.644. The quantitative estimate of drug-likeness (QED) is 0.643. The van der Waals surface area contributed by atoms with Gasteiger partial charge in [-0.1, -0.05) is 12.1 Å². The van der Waals surface area contributed by atoms with Crippen LogP contribution in [0.15, 0.2) is 46.4 Å². The summed E-state index contributed by atoms with van der Waals surface area (Å²) < 4.78 is 35.1. The second-order valence-electron chi connectivity index (χ2n) is 5.27. The molecule has 24 heavy (non-hydrogen) atoms. The Bertz CT molecular complexity index is 839. The van der Waals surface area contributed by atoms with Crippen LogP contribution in [0.3, 0.4) is 0 Å². The number of aryl methyl sites for hydroxylation is 2. The van der Waals surface area contributed by atoms with Crippen LogP contribution in [-0.4, -0.2) is 28.9 Å². The summed E-state index contributed by atoms with van der Waals surface area (Å²) in [5.41, 5.74) is 2.17. The fourth-order valence-electron chi connectivity index (χ4n) is 2.12. The molecule has 0 amide bonds. The zero-order valence-corrected chi connectivity index (χ0v) is 14.8. The van der Waals surface area contributed by atoms with Gasteiger partial charge in [-0.3, -0.25) is 0 Å². The lowest BCUT2D eigenvalue weighted by Crippen LogP contribution is -2.19. The molecule has 0 saturated heterocycles. The smallest absolute Gasteiger partial charge is 0.276 e. The van der Waals surface area contributed by atoms with Crippen molar-refractivity contribution in [3.8, 4) is 11.5 Å². The standard InChI is InChI=1S/C17H20N2O4S/c1-12-5-6-13(2)17(7-12)24(20,21)19-18-11-14-8-15(22-3)10-16(9-14)23-4/h5-11,19H,1-4H3. The molecule has 0 aliphatic heterocycles. The first-order valence-corrected chi connectivity index (χ1v) is 8.69. The highest BCUT2D eigenvalue weighted by Gasteiger charge is 2.15. The van der Waals surface area contributed by atoms with Crippen LogP contribution in [0.5, 0.6) is 11.5 Å². The largest absolute Gasteiger partial charge is 0.497 e. The SMILES string of the molecule is COc1cc(C=NNS(=O)(=O)c2cc(C)ccc2C)cc(OC)c1. The summed E-state index contributed by atoms with van der Waals surface area (Å²) >= 11 is 0. The average Bonchev–Trinajstić information content (AvgIpc) is 2.56. The highest BCUT2D eigenvalue weighted by Crippen LogP contribution is 2.21. The fourth-order valence-corrected chi connectivity index (χ4v) is 3.24. The Kier molecular flexibility index (Phi) is 5.46. The van der Waals surface area contributed by atoms with E-state index in [9.17, 15) is 8.42 Å². The molecule has 1 N–H and O–H groups in total. The Balaban J connectivity index is 2.23. The Morgan fingerprint density at radius 3 is 2.21 bits per heavy atom. The number of nitrogens with zero attached hydrogens (tertiary/aromatic N) is 1. The van der Waals surface area contributed by atoms with Crippen molar-refractivity contribution < 1.29 is 17.9 Å². The van der Waals surface area contributed by atoms with Gasteiger partial charge in [0.1, 0.15) is 11.5 Å². The van der Waals surface area contributed by atoms with Crippen LogP contribution in [0.4, 0.5) is 0 Å². The molecule has 0 spiro atoms. The van der Waals surface area contributed by atoms with Gasteiger partial charge in [-0.15, -0.1) is 0 Å². The monoisotopic (exact) mass is 348 g/mol. The van der Waals surface area contributed by atoms with E-state index in [1.165, 1.54) is 6.21 Å². The number of rotatable bonds is 6. The predicted octanol–water partition coefficient (Wildman–Crippen LogP) is 2.63. The molecule has 0 unspecified atom stereocenters. The van der Waals surface area contributed by atoms with E-state index in [2.05, 4.69) is 9.93 Å². The highest BCUT2D eigenvalue weighted by atomic mass is 32.2. The molecule has 2 aromatic carbocycles. The number of sulfonamides is 1. The molecule has 6 nitrogen and oxygen atoms in total. The third-order valence-electron chi connectivity index (χ3n) is 3.39. The summed E-state index contributed by atoms with van der Waals surface area (Å²) in [6, 6.07) is 10.4. The molecule has 2 rings (SSSR count). The van der Waals surface area contributed by atoms with Gasteiger partial charge in [-0.25, -0.2) is 4.83 Å². The van der Waals surface area contributed by atoms with Gasteiger partial charge in [-0.2, -0.15) is 13.5 Å². The van der Waals surface area contributed by atoms with Gasteiger partial charge in [0, 0.05) is 11.6 Å². The van der Waals surface area contributed by atoms with E-state index in [0.717, 1.165) is 5.56 Å². The van der Waals surface area contributed by atoms with Crippen LogP contribution >= 0.6 is 0 Å². The van der Waals surface area contributed by atoms with Gasteiger partial charge in [-0.05, 0) is 43.2 Å². The normalized spacial score (nSPS) is 11.5. The molecule has 0 heterocycles. The Morgan fingerprint density at radius 1 is 1.00 bits per heavy atom. The van der Waals surface area contributed by atoms with Crippen molar-refractivity contribution in [2.45, 2.75) is 18.7 Å². The number of hydrazone groups is 1. The molecule has 0 aliphatic carbocycles. The molecule has 0 fully saturated rings. The molecule has 0 saturated carbocycles. The Morgan fingerprint density at radius 2 is 1.62 bits per heavy atom. The molecule has 0 aliphatic rings. The van der Waals surface area contributed by atoms with Crippen molar-refractivity contribution in [2.75, 3.05) is 14.2 Å². The maximum Gasteiger partial charge on any atom is 0.276 e. The molecule has 0 aromatic heterocycles. The van der Waals surface area contributed by atoms with Crippen molar-refractivity contribution in [3.63, 3.8) is 0 Å². The minimum atomic E-state index is -3.73. The van der Waals surface area contributed by atoms with Crippen LogP contribution in [0, 0.1) is 13.8 Å². The lowest BCUT2D eigenvalue weighted by Gasteiger charge is -2.08. The van der Waals surface area contributed by atoms with Crippen LogP contribution in [0.2, 0.25) is 0 Å². The van der Waals surface area contributed by atoms with E-state index in [1.807, 2.05) is 13.0 Å². The second-order valence-corrected chi connectivity index (χ2v) is 6.90. The number of hydrogen-bond donors (Lipinski definition) is 1. The van der Waals surface area contributed by atoms with E-state index >= 15 is 0 Å². The van der Waals surface area contributed by atoms with Gasteiger partial charge >= 0.3 is 0 Å². The number of methoxy groups -OCH3 is 2. The fraction of sp³-hybridized carbons (Fsp3) is 0.235. The highest BCUT2D eigenvalue weighted by molar-refractivity contribution is 7.89. The van der Waals surface area contributed by atoms with Gasteiger partial charge in [0.2, 0.25) is 0 Å². The third kappa shape index (κ3) is 4.26. The minimum Gasteiger partial charge on any atom is -0.497 e. The van der Waals surface area contributed by atoms with Crippen molar-refractivity contribution >= 4 is 16.2 Å². The lowest BCUT2D eigenvalue weighted by molar-refractivity contribution is 0.394. The van der Waals surface area contributed by atoms with Crippen LogP contribution < -0.4 is 14.3 Å². The van der Waals surface area contributed by atoms with Crippen molar-refractivity contribution in [2.24, 2.45) is 5.10 Å². The molecule has 0 bridgehead atoms. The molecule has 0 radical (unpaired) electrons. The van der Waals surface area contributed by atoms with E-state index in [1.54, 1.807) is 51.5 Å². The lowest BCUT2D eigenvalue weighted by atomic mass is 10.2. The van der Waals surface area contributed by atoms with Crippen molar-refractivity contribution in [3.05, 3.63) is 53.1 Å². The number of benzene rings is 2. The predicted molar refractivity (Wildman–Crippen MR) is 93.4 cm³/mol. The van der Waals surface area contributed by atoms with Gasteiger partial charge < -0.3 is 9.47 Å². The van der Waals surface area contributed by atoms with E-state index < -0.39 is 10.0 Å². The second kappa shape index (κ2) is 7.35. The topological polar surface area (TPSA) is 77.0 Å². The maximum absolute atomic E-state index is 12.4. The first-order chi connectivity index (χ1) is 11.4. The molecule has 0 atom stereocenters. The minimum absolute atomic E-state index is 0.211. The Labute approximate surface area is 142 Å². The molecule has 7 heteroatoms. The third-order valence-corrected chi connectivity index (χ3v) is 4.76. The summed E-state index contributed by atoms with van der Waals surface area (Å²) in [4.78, 5) is 2.44. The summed E-state index contributed by atoms with van der Waals surface area (Å²) in [6.07, 6.45) is 1.40. The zero-order chi connectivity index (χ0) is 17.7. The maximum atomic E-state index is 12.4. The zero-order valence-electron chi connectivity index (χ0n) is 14.0. The molecular formula is C17H20N2O4S. The molecule has 2 aromatic rings. The van der Waals surface area contributed by atoms with Crippen LogP contribution in [-0.2, 0) is 10.0 Å². The summed E-state index contributed by atoms with van der Waals surface area (Å²) in [5, 5.41) is 3.84. The number of ether oxygens (including phenoxy) is 2. The van der Waals surface area contributed by atoms with E-state index in [0.29, 0.717) is 22.6 Å². The van der Waals surface area contributed by atoms with Crippen molar-refractivity contribution in [1.82, 2.24) is 4.83 Å². The van der Waals surface area contributed by atoms with Crippen molar-refractivity contribution in [1.29, 1.82) is 0 Å². The number of hydrogen-bond acceptors (Lipinski definition) is 5. The van der Waals surface area contributed by atoms with Gasteiger partial charge in [0.25, 0.3) is 10.0 Å². The summed E-state index contributed by atoms with van der Waals surface area (Å²) in [6.45, 7) is 3.58. The van der Waals surface area contributed by atoms with E-state index in [4.69, 9.17) is 9.47 Å². The van der Waals surface area contributed by atoms with Gasteiger partial charge in [0.15, 0.2) is 0 Å². The van der Waals surface area contributed by atoms with E-state index in [-0.39, 0.29) is 4.90 Å². The molecular weight excluding hydrogens is 328 g/mol. The number of nitrogens with one attached hydrogen (secondary N) is 1. The Hall–Kier alpha value is -2.54. The first-order valence-electron chi connectivity index (χ1n) is 7.21. The van der Waals surface area contributed by atoms with Crippen LogP contribution in [0.25, 0.3) is 0 Å². The average molecular weight is 348 g/mol. The summed E-state index contributed by atoms with van der Waals surface area (Å²) in [5.74, 6) is 1.18. The first kappa shape index (κ1) is 17.8. The van der Waals surface area contributed by atoms with Gasteiger partial charge in [0.05, 0.1) is 25.3 Å². The molecule has 128 valence electrons.